The van der Waals surface area contributed by atoms with Gasteiger partial charge in [-0.3, -0.25) is 9.59 Å². The Morgan fingerprint density at radius 3 is 2.43 bits per heavy atom. The Morgan fingerprint density at radius 2 is 1.80 bits per heavy atom. The predicted molar refractivity (Wildman–Crippen MR) is 113 cm³/mol. The van der Waals surface area contributed by atoms with Gasteiger partial charge in [-0.15, -0.1) is 0 Å². The SMILES string of the molecule is COc1ccc(CN2CC3(CCN(C(=O)COc4cccc(C)c4)CC3)C2=O)cc1. The van der Waals surface area contributed by atoms with Crippen molar-refractivity contribution in [3.8, 4) is 11.5 Å². The molecule has 158 valence electrons. The van der Waals surface area contributed by atoms with Crippen molar-refractivity contribution in [3.05, 3.63) is 59.7 Å². The quantitative estimate of drug-likeness (QED) is 0.690. The van der Waals surface area contributed by atoms with Crippen LogP contribution in [0.5, 0.6) is 11.5 Å². The maximum absolute atomic E-state index is 12.9. The zero-order chi connectivity index (χ0) is 21.1. The van der Waals surface area contributed by atoms with Gasteiger partial charge in [-0.25, -0.2) is 0 Å². The van der Waals surface area contributed by atoms with E-state index >= 15 is 0 Å². The zero-order valence-corrected chi connectivity index (χ0v) is 17.6. The van der Waals surface area contributed by atoms with Gasteiger partial charge < -0.3 is 19.3 Å². The molecule has 2 amide bonds. The highest BCUT2D eigenvalue weighted by molar-refractivity contribution is 5.89. The summed E-state index contributed by atoms with van der Waals surface area (Å²) < 4.78 is 10.8. The lowest BCUT2D eigenvalue weighted by Crippen LogP contribution is -2.64. The van der Waals surface area contributed by atoms with Crippen molar-refractivity contribution in [2.24, 2.45) is 5.41 Å². The molecule has 2 aliphatic rings. The van der Waals surface area contributed by atoms with Gasteiger partial charge in [0.2, 0.25) is 5.91 Å². The fraction of sp³-hybridized carbons (Fsp3) is 0.417. The molecule has 1 spiro atoms. The molecule has 0 atom stereocenters. The van der Waals surface area contributed by atoms with Crippen LogP contribution in [-0.2, 0) is 16.1 Å². The molecule has 0 saturated carbocycles. The lowest BCUT2D eigenvalue weighted by Gasteiger charge is -2.52. The number of amides is 2. The maximum atomic E-state index is 12.9. The van der Waals surface area contributed by atoms with Gasteiger partial charge in [0.1, 0.15) is 11.5 Å². The highest BCUT2D eigenvalue weighted by Crippen LogP contribution is 2.42. The van der Waals surface area contributed by atoms with E-state index < -0.39 is 0 Å². The molecule has 4 rings (SSSR count). The largest absolute Gasteiger partial charge is 0.497 e. The first kappa shape index (κ1) is 20.3. The molecule has 6 heteroatoms. The number of piperidine rings is 1. The second-order valence-corrected chi connectivity index (χ2v) is 8.28. The topological polar surface area (TPSA) is 59.1 Å². The monoisotopic (exact) mass is 408 g/mol. The Morgan fingerprint density at radius 1 is 1.07 bits per heavy atom. The summed E-state index contributed by atoms with van der Waals surface area (Å²) in [5, 5.41) is 0. The van der Waals surface area contributed by atoms with Crippen LogP contribution < -0.4 is 9.47 Å². The van der Waals surface area contributed by atoms with E-state index in [1.807, 2.05) is 65.3 Å². The number of benzene rings is 2. The maximum Gasteiger partial charge on any atom is 0.260 e. The number of carbonyl (C=O) groups excluding carboxylic acids is 2. The smallest absolute Gasteiger partial charge is 0.260 e. The van der Waals surface area contributed by atoms with Crippen molar-refractivity contribution in [1.29, 1.82) is 0 Å². The van der Waals surface area contributed by atoms with Crippen LogP contribution in [0.4, 0.5) is 0 Å². The van der Waals surface area contributed by atoms with Crippen LogP contribution in [0.3, 0.4) is 0 Å². The highest BCUT2D eigenvalue weighted by Gasteiger charge is 2.53. The molecule has 6 nitrogen and oxygen atoms in total. The van der Waals surface area contributed by atoms with Crippen LogP contribution in [0.2, 0.25) is 0 Å². The third kappa shape index (κ3) is 4.13. The van der Waals surface area contributed by atoms with Crippen LogP contribution in [-0.4, -0.2) is 55.0 Å². The van der Waals surface area contributed by atoms with Gasteiger partial charge in [0, 0.05) is 26.2 Å². The summed E-state index contributed by atoms with van der Waals surface area (Å²) in [5.41, 5.74) is 1.91. The number of likely N-dealkylation sites (tertiary alicyclic amines) is 2. The number of nitrogens with zero attached hydrogens (tertiary/aromatic N) is 2. The fourth-order valence-electron chi connectivity index (χ4n) is 4.33. The number of hydrogen-bond acceptors (Lipinski definition) is 4. The number of hydrogen-bond donors (Lipinski definition) is 0. The summed E-state index contributed by atoms with van der Waals surface area (Å²) in [6.07, 6.45) is 1.45. The van der Waals surface area contributed by atoms with Crippen LogP contribution in [0, 0.1) is 12.3 Å². The minimum atomic E-state index is -0.291. The number of ether oxygens (including phenoxy) is 2. The van der Waals surface area contributed by atoms with Crippen molar-refractivity contribution < 1.29 is 19.1 Å². The van der Waals surface area contributed by atoms with Crippen molar-refractivity contribution in [2.45, 2.75) is 26.3 Å². The van der Waals surface area contributed by atoms with E-state index in [0.29, 0.717) is 25.4 Å². The first-order valence-electron chi connectivity index (χ1n) is 10.4. The van der Waals surface area contributed by atoms with E-state index in [2.05, 4.69) is 0 Å². The molecule has 2 heterocycles. The third-order valence-corrected chi connectivity index (χ3v) is 6.19. The molecule has 2 aromatic rings. The first-order valence-corrected chi connectivity index (χ1v) is 10.4. The van der Waals surface area contributed by atoms with E-state index in [0.717, 1.165) is 36.3 Å². The number of rotatable bonds is 6. The molecular weight excluding hydrogens is 380 g/mol. The lowest BCUT2D eigenvalue weighted by molar-refractivity contribution is -0.168. The van der Waals surface area contributed by atoms with E-state index in [1.165, 1.54) is 0 Å². The molecule has 30 heavy (non-hydrogen) atoms. The molecule has 2 saturated heterocycles. The van der Waals surface area contributed by atoms with Gasteiger partial charge in [0.25, 0.3) is 5.91 Å². The summed E-state index contributed by atoms with van der Waals surface area (Å²) in [6.45, 7) is 4.63. The number of aryl methyl sites for hydroxylation is 1. The van der Waals surface area contributed by atoms with Gasteiger partial charge >= 0.3 is 0 Å². The summed E-state index contributed by atoms with van der Waals surface area (Å²) in [7, 11) is 1.64. The summed E-state index contributed by atoms with van der Waals surface area (Å²) >= 11 is 0. The molecule has 2 aliphatic heterocycles. The average molecular weight is 408 g/mol. The normalized spacial score (nSPS) is 17.6. The van der Waals surface area contributed by atoms with Crippen LogP contribution in [0.25, 0.3) is 0 Å². The third-order valence-electron chi connectivity index (χ3n) is 6.19. The molecule has 2 fully saturated rings. The first-order chi connectivity index (χ1) is 14.5. The Labute approximate surface area is 177 Å². The van der Waals surface area contributed by atoms with Crippen molar-refractivity contribution in [2.75, 3.05) is 33.4 Å². The molecule has 0 radical (unpaired) electrons. The zero-order valence-electron chi connectivity index (χ0n) is 17.6. The minimum Gasteiger partial charge on any atom is -0.497 e. The second kappa shape index (κ2) is 8.38. The predicted octanol–water partition coefficient (Wildman–Crippen LogP) is 3.03. The fourth-order valence-corrected chi connectivity index (χ4v) is 4.33. The highest BCUT2D eigenvalue weighted by atomic mass is 16.5. The summed E-state index contributed by atoms with van der Waals surface area (Å²) in [4.78, 5) is 29.1. The second-order valence-electron chi connectivity index (χ2n) is 8.28. The number of β-lactam (4-membered cyclic amide) rings is 1. The van der Waals surface area contributed by atoms with Crippen LogP contribution in [0.15, 0.2) is 48.5 Å². The molecule has 0 bridgehead atoms. The van der Waals surface area contributed by atoms with Crippen molar-refractivity contribution in [3.63, 3.8) is 0 Å². The Kier molecular flexibility index (Phi) is 5.66. The minimum absolute atomic E-state index is 0.0202. The standard InChI is InChI=1S/C24H28N2O4/c1-18-4-3-5-21(14-18)30-16-22(27)25-12-10-24(11-13-25)17-26(23(24)28)15-19-6-8-20(29-2)9-7-19/h3-9,14H,10-13,15-17H2,1-2H3. The lowest BCUT2D eigenvalue weighted by atomic mass is 9.71. The summed E-state index contributed by atoms with van der Waals surface area (Å²) in [6, 6.07) is 15.5. The van der Waals surface area contributed by atoms with Gasteiger partial charge in [0.15, 0.2) is 6.61 Å². The van der Waals surface area contributed by atoms with E-state index in [-0.39, 0.29) is 23.8 Å². The molecule has 0 aromatic heterocycles. The Hall–Kier alpha value is -3.02. The van der Waals surface area contributed by atoms with Gasteiger partial charge in [-0.1, -0.05) is 24.3 Å². The van der Waals surface area contributed by atoms with Crippen molar-refractivity contribution >= 4 is 11.8 Å². The molecule has 0 N–H and O–H groups in total. The molecular formula is C24H28N2O4. The number of carbonyl (C=O) groups is 2. The van der Waals surface area contributed by atoms with Gasteiger partial charge in [-0.05, 0) is 55.2 Å². The Balaban J connectivity index is 1.25. The number of methoxy groups -OCH3 is 1. The van der Waals surface area contributed by atoms with Gasteiger partial charge in [0.05, 0.1) is 12.5 Å². The van der Waals surface area contributed by atoms with Crippen LogP contribution >= 0.6 is 0 Å². The molecule has 0 aliphatic carbocycles. The van der Waals surface area contributed by atoms with E-state index in [1.54, 1.807) is 7.11 Å². The Bertz CT molecular complexity index is 917. The van der Waals surface area contributed by atoms with Crippen molar-refractivity contribution in [1.82, 2.24) is 9.80 Å². The molecule has 0 unspecified atom stereocenters. The molecule has 2 aromatic carbocycles. The van der Waals surface area contributed by atoms with Crippen LogP contribution in [0.1, 0.15) is 24.0 Å². The van der Waals surface area contributed by atoms with Gasteiger partial charge in [-0.2, -0.15) is 0 Å². The average Bonchev–Trinajstić information content (AvgIpc) is 2.78. The van der Waals surface area contributed by atoms with E-state index in [9.17, 15) is 9.59 Å². The summed E-state index contributed by atoms with van der Waals surface area (Å²) in [5.74, 6) is 1.71. The van der Waals surface area contributed by atoms with E-state index in [4.69, 9.17) is 9.47 Å².